The van der Waals surface area contributed by atoms with Crippen molar-refractivity contribution in [2.45, 2.75) is 0 Å². The molecule has 1 aromatic carbocycles. The first-order chi connectivity index (χ1) is 9.40. The number of furan rings is 1. The standard InChI is InChI=1S/C14H8N4O/c1-2-10-7-17-18-8-11(10)5-9(1)13-6-12-14(19-13)16-4-3-15-12/h1-8H. The van der Waals surface area contributed by atoms with Crippen LogP contribution in [-0.4, -0.2) is 20.2 Å². The van der Waals surface area contributed by atoms with Gasteiger partial charge in [0.15, 0.2) is 0 Å². The smallest absolute Gasteiger partial charge is 0.245 e. The summed E-state index contributed by atoms with van der Waals surface area (Å²) in [6, 6.07) is 7.88. The van der Waals surface area contributed by atoms with Crippen LogP contribution in [0.3, 0.4) is 0 Å². The van der Waals surface area contributed by atoms with Gasteiger partial charge in [0, 0.05) is 34.8 Å². The monoisotopic (exact) mass is 248 g/mol. The first-order valence-electron chi connectivity index (χ1n) is 5.81. The number of rotatable bonds is 1. The van der Waals surface area contributed by atoms with E-state index < -0.39 is 0 Å². The second-order valence-corrected chi connectivity index (χ2v) is 4.19. The molecule has 0 atom stereocenters. The second kappa shape index (κ2) is 3.84. The van der Waals surface area contributed by atoms with Crippen LogP contribution in [0.15, 0.2) is 53.5 Å². The molecule has 0 aliphatic heterocycles. The molecule has 0 bridgehead atoms. The molecule has 5 heteroatoms. The van der Waals surface area contributed by atoms with Crippen molar-refractivity contribution in [2.75, 3.05) is 0 Å². The Morgan fingerprint density at radius 1 is 0.842 bits per heavy atom. The van der Waals surface area contributed by atoms with E-state index in [0.29, 0.717) is 5.71 Å². The Morgan fingerprint density at radius 2 is 1.68 bits per heavy atom. The molecule has 5 nitrogen and oxygen atoms in total. The van der Waals surface area contributed by atoms with Crippen LogP contribution in [0.4, 0.5) is 0 Å². The normalized spacial score (nSPS) is 11.2. The van der Waals surface area contributed by atoms with Crippen LogP contribution >= 0.6 is 0 Å². The molecule has 0 saturated heterocycles. The minimum Gasteiger partial charge on any atom is -0.436 e. The predicted octanol–water partition coefficient (Wildman–Crippen LogP) is 2.83. The minimum atomic E-state index is 0.547. The molecule has 0 unspecified atom stereocenters. The van der Waals surface area contributed by atoms with Crippen LogP contribution in [0.1, 0.15) is 0 Å². The third-order valence-corrected chi connectivity index (χ3v) is 3.00. The van der Waals surface area contributed by atoms with Crippen molar-refractivity contribution in [3.05, 3.63) is 49.1 Å². The molecule has 0 spiro atoms. The van der Waals surface area contributed by atoms with Gasteiger partial charge in [-0.3, -0.25) is 0 Å². The van der Waals surface area contributed by atoms with Gasteiger partial charge in [0.25, 0.3) is 0 Å². The molecule has 0 saturated carbocycles. The number of hydrogen-bond donors (Lipinski definition) is 0. The number of benzene rings is 1. The van der Waals surface area contributed by atoms with E-state index in [-0.39, 0.29) is 0 Å². The van der Waals surface area contributed by atoms with Crippen LogP contribution in [-0.2, 0) is 0 Å². The molecule has 0 aliphatic carbocycles. The lowest BCUT2D eigenvalue weighted by Crippen LogP contribution is -1.81. The summed E-state index contributed by atoms with van der Waals surface area (Å²) in [5, 5.41) is 9.81. The summed E-state index contributed by atoms with van der Waals surface area (Å²) in [4.78, 5) is 8.35. The van der Waals surface area contributed by atoms with Crippen molar-refractivity contribution in [3.63, 3.8) is 0 Å². The number of nitrogens with zero attached hydrogens (tertiary/aromatic N) is 4. The second-order valence-electron chi connectivity index (χ2n) is 4.19. The lowest BCUT2D eigenvalue weighted by Gasteiger charge is -1.99. The SMILES string of the molecule is c1cnc2oc(-c3ccc4cnncc4c3)cc2n1. The first kappa shape index (κ1) is 10.1. The van der Waals surface area contributed by atoms with Crippen molar-refractivity contribution < 1.29 is 4.42 Å². The molecular formula is C14H8N4O. The van der Waals surface area contributed by atoms with E-state index in [1.54, 1.807) is 24.8 Å². The van der Waals surface area contributed by atoms with Gasteiger partial charge in [0.05, 0.1) is 12.4 Å². The van der Waals surface area contributed by atoms with Crippen LogP contribution in [0, 0.1) is 0 Å². The van der Waals surface area contributed by atoms with E-state index in [4.69, 9.17) is 4.42 Å². The molecule has 4 rings (SSSR count). The minimum absolute atomic E-state index is 0.547. The molecular weight excluding hydrogens is 240 g/mol. The largest absolute Gasteiger partial charge is 0.436 e. The maximum Gasteiger partial charge on any atom is 0.245 e. The molecule has 90 valence electrons. The van der Waals surface area contributed by atoms with Crippen LogP contribution < -0.4 is 0 Å². The van der Waals surface area contributed by atoms with Crippen molar-refractivity contribution in [2.24, 2.45) is 0 Å². The van der Waals surface area contributed by atoms with Gasteiger partial charge in [0.1, 0.15) is 11.3 Å². The highest BCUT2D eigenvalue weighted by molar-refractivity contribution is 5.86. The zero-order chi connectivity index (χ0) is 12.7. The fourth-order valence-corrected chi connectivity index (χ4v) is 2.06. The molecule has 0 amide bonds. The molecule has 3 heterocycles. The fourth-order valence-electron chi connectivity index (χ4n) is 2.06. The summed E-state index contributed by atoms with van der Waals surface area (Å²) in [6.07, 6.45) is 6.74. The average Bonchev–Trinajstić information content (AvgIpc) is 2.90. The van der Waals surface area contributed by atoms with E-state index in [1.807, 2.05) is 24.3 Å². The highest BCUT2D eigenvalue weighted by Gasteiger charge is 2.08. The van der Waals surface area contributed by atoms with Gasteiger partial charge in [-0.25, -0.2) is 9.97 Å². The third-order valence-electron chi connectivity index (χ3n) is 3.00. The fraction of sp³-hybridized carbons (Fsp3) is 0. The van der Waals surface area contributed by atoms with Gasteiger partial charge >= 0.3 is 0 Å². The molecule has 0 aliphatic rings. The number of aromatic nitrogens is 4. The maximum absolute atomic E-state index is 5.69. The molecule has 0 radical (unpaired) electrons. The van der Waals surface area contributed by atoms with Gasteiger partial charge in [-0.2, -0.15) is 10.2 Å². The van der Waals surface area contributed by atoms with Crippen LogP contribution in [0.2, 0.25) is 0 Å². The van der Waals surface area contributed by atoms with Gasteiger partial charge in [-0.05, 0) is 6.07 Å². The number of hydrogen-bond acceptors (Lipinski definition) is 5. The first-order valence-corrected chi connectivity index (χ1v) is 5.81. The summed E-state index contributed by atoms with van der Waals surface area (Å²) in [5.41, 5.74) is 2.27. The average molecular weight is 248 g/mol. The summed E-state index contributed by atoms with van der Waals surface area (Å²) in [6.45, 7) is 0. The Balaban J connectivity index is 1.93. The van der Waals surface area contributed by atoms with Crippen molar-refractivity contribution in [3.8, 4) is 11.3 Å². The Kier molecular flexibility index (Phi) is 2.05. The van der Waals surface area contributed by atoms with Gasteiger partial charge in [-0.1, -0.05) is 12.1 Å². The zero-order valence-electron chi connectivity index (χ0n) is 9.82. The summed E-state index contributed by atoms with van der Waals surface area (Å²) < 4.78 is 5.69. The summed E-state index contributed by atoms with van der Waals surface area (Å²) >= 11 is 0. The molecule has 0 fully saturated rings. The van der Waals surface area contributed by atoms with E-state index >= 15 is 0 Å². The Morgan fingerprint density at radius 3 is 2.58 bits per heavy atom. The van der Waals surface area contributed by atoms with Crippen LogP contribution in [0.5, 0.6) is 0 Å². The lowest BCUT2D eigenvalue weighted by molar-refractivity contribution is 0.618. The van der Waals surface area contributed by atoms with Crippen molar-refractivity contribution in [1.82, 2.24) is 20.2 Å². The summed E-state index contributed by atoms with van der Waals surface area (Å²) in [7, 11) is 0. The molecule has 0 N–H and O–H groups in total. The molecule has 19 heavy (non-hydrogen) atoms. The Hall–Kier alpha value is -2.82. The van der Waals surface area contributed by atoms with Gasteiger partial charge in [-0.15, -0.1) is 0 Å². The summed E-state index contributed by atoms with van der Waals surface area (Å²) in [5.74, 6) is 0.750. The Bertz CT molecular complexity index is 852. The van der Waals surface area contributed by atoms with Crippen LogP contribution in [0.25, 0.3) is 33.3 Å². The van der Waals surface area contributed by atoms with E-state index in [9.17, 15) is 0 Å². The molecule has 4 aromatic rings. The van der Waals surface area contributed by atoms with Crippen molar-refractivity contribution in [1.29, 1.82) is 0 Å². The van der Waals surface area contributed by atoms with Gasteiger partial charge in [0.2, 0.25) is 5.71 Å². The molecule has 3 aromatic heterocycles. The highest BCUT2D eigenvalue weighted by Crippen LogP contribution is 2.27. The predicted molar refractivity (Wildman–Crippen MR) is 70.3 cm³/mol. The number of fused-ring (bicyclic) bond motifs is 2. The Labute approximate surface area is 107 Å². The highest BCUT2D eigenvalue weighted by atomic mass is 16.3. The zero-order valence-corrected chi connectivity index (χ0v) is 9.82. The van der Waals surface area contributed by atoms with Gasteiger partial charge < -0.3 is 4.42 Å². The quantitative estimate of drug-likeness (QED) is 0.518. The van der Waals surface area contributed by atoms with E-state index in [1.165, 1.54) is 0 Å². The topological polar surface area (TPSA) is 64.7 Å². The lowest BCUT2D eigenvalue weighted by atomic mass is 10.1. The van der Waals surface area contributed by atoms with Crippen molar-refractivity contribution >= 4 is 22.0 Å². The maximum atomic E-state index is 5.69. The van der Waals surface area contributed by atoms with E-state index in [2.05, 4.69) is 20.2 Å². The van der Waals surface area contributed by atoms with E-state index in [0.717, 1.165) is 27.6 Å². The third kappa shape index (κ3) is 1.63.